The lowest BCUT2D eigenvalue weighted by Gasteiger charge is -2.34. The number of hydrogen-bond acceptors (Lipinski definition) is 1. The molecule has 0 amide bonds. The number of aromatic hydroxyl groups is 1. The van der Waals surface area contributed by atoms with E-state index in [1.54, 1.807) is 0 Å². The molecule has 0 aliphatic heterocycles. The highest BCUT2D eigenvalue weighted by atomic mass is 16.3. The van der Waals surface area contributed by atoms with E-state index in [0.29, 0.717) is 5.75 Å². The maximum Gasteiger partial charge on any atom is 0.123 e. The molecule has 0 fully saturated rings. The fraction of sp³-hybridized carbons (Fsp3) is 0.667. The van der Waals surface area contributed by atoms with Gasteiger partial charge in [-0.2, -0.15) is 0 Å². The average Bonchev–Trinajstić information content (AvgIpc) is 2.11. The van der Waals surface area contributed by atoms with Gasteiger partial charge in [-0.15, -0.1) is 0 Å². The molecule has 108 valence electrons. The summed E-state index contributed by atoms with van der Waals surface area (Å²) in [6.07, 6.45) is 1.04. The van der Waals surface area contributed by atoms with Crippen LogP contribution in [-0.4, -0.2) is 5.11 Å². The second-order valence-corrected chi connectivity index (χ2v) is 8.57. The molecule has 0 spiro atoms. The maximum atomic E-state index is 10.7. The molecule has 0 saturated heterocycles. The van der Waals surface area contributed by atoms with Gasteiger partial charge in [0.15, 0.2) is 0 Å². The number of phenolic OH excluding ortho intramolecular Hbond substituents is 1. The van der Waals surface area contributed by atoms with Gasteiger partial charge in [0.25, 0.3) is 0 Å². The molecule has 1 N–H and O–H groups in total. The third-order valence-electron chi connectivity index (χ3n) is 3.55. The minimum atomic E-state index is -0.0299. The van der Waals surface area contributed by atoms with Gasteiger partial charge < -0.3 is 5.11 Å². The van der Waals surface area contributed by atoms with Crippen molar-refractivity contribution in [3.8, 4) is 5.75 Å². The van der Waals surface area contributed by atoms with E-state index in [2.05, 4.69) is 67.5 Å². The fourth-order valence-corrected chi connectivity index (χ4v) is 3.12. The molecule has 0 aliphatic carbocycles. The Morgan fingerprint density at radius 1 is 0.842 bits per heavy atom. The maximum absolute atomic E-state index is 10.7. The zero-order valence-corrected chi connectivity index (χ0v) is 13.9. The molecule has 0 aromatic heterocycles. The smallest absolute Gasteiger partial charge is 0.123 e. The lowest BCUT2D eigenvalue weighted by Crippen LogP contribution is -2.25. The minimum absolute atomic E-state index is 0.0242. The Hall–Kier alpha value is -0.980. The van der Waals surface area contributed by atoms with Gasteiger partial charge >= 0.3 is 0 Å². The van der Waals surface area contributed by atoms with Crippen LogP contribution >= 0.6 is 0 Å². The average molecular weight is 262 g/mol. The Morgan fingerprint density at radius 3 is 1.74 bits per heavy atom. The number of phenols is 1. The van der Waals surface area contributed by atoms with Crippen LogP contribution < -0.4 is 0 Å². The normalized spacial score (nSPS) is 13.7. The number of hydrogen-bond donors (Lipinski definition) is 1. The molecule has 19 heavy (non-hydrogen) atoms. The van der Waals surface area contributed by atoms with Gasteiger partial charge in [0.1, 0.15) is 5.75 Å². The molecular weight excluding hydrogens is 232 g/mol. The molecule has 1 rings (SSSR count). The number of benzene rings is 1. The van der Waals surface area contributed by atoms with Crippen LogP contribution in [0, 0.1) is 5.41 Å². The van der Waals surface area contributed by atoms with Crippen molar-refractivity contribution in [1.29, 1.82) is 0 Å². The first-order valence-corrected chi connectivity index (χ1v) is 7.17. The van der Waals surface area contributed by atoms with Crippen LogP contribution in [0.1, 0.15) is 72.9 Å². The van der Waals surface area contributed by atoms with E-state index in [1.165, 1.54) is 0 Å². The second kappa shape index (κ2) is 4.85. The van der Waals surface area contributed by atoms with Crippen molar-refractivity contribution in [3.05, 3.63) is 29.3 Å². The van der Waals surface area contributed by atoms with Crippen LogP contribution in [0.5, 0.6) is 5.75 Å². The Balaban J connectivity index is 3.29. The van der Waals surface area contributed by atoms with Crippen LogP contribution in [0.2, 0.25) is 0 Å². The Bertz CT molecular complexity index is 442. The van der Waals surface area contributed by atoms with Gasteiger partial charge in [-0.1, -0.05) is 73.6 Å². The molecule has 0 bridgehead atoms. The van der Waals surface area contributed by atoms with Crippen molar-refractivity contribution >= 4 is 0 Å². The van der Waals surface area contributed by atoms with Crippen molar-refractivity contribution in [2.45, 2.75) is 72.6 Å². The third-order valence-corrected chi connectivity index (χ3v) is 3.55. The predicted molar refractivity (Wildman–Crippen MR) is 83.9 cm³/mol. The van der Waals surface area contributed by atoms with Gasteiger partial charge in [0.05, 0.1) is 0 Å². The van der Waals surface area contributed by atoms with Crippen molar-refractivity contribution in [3.63, 3.8) is 0 Å². The molecule has 0 saturated carbocycles. The van der Waals surface area contributed by atoms with Gasteiger partial charge in [0.2, 0.25) is 0 Å². The molecule has 0 heterocycles. The van der Waals surface area contributed by atoms with E-state index in [4.69, 9.17) is 0 Å². The van der Waals surface area contributed by atoms with E-state index in [-0.39, 0.29) is 16.2 Å². The SMILES string of the molecule is CC(C)(C)CC(C)(C)c1cccc(C(C)(C)C)c1O. The summed E-state index contributed by atoms with van der Waals surface area (Å²) in [5.41, 5.74) is 2.29. The second-order valence-electron chi connectivity index (χ2n) is 8.57. The highest BCUT2D eigenvalue weighted by molar-refractivity contribution is 5.47. The van der Waals surface area contributed by atoms with Crippen LogP contribution in [0.15, 0.2) is 18.2 Å². The van der Waals surface area contributed by atoms with Gasteiger partial charge in [-0.3, -0.25) is 0 Å². The van der Waals surface area contributed by atoms with Crippen molar-refractivity contribution in [2.75, 3.05) is 0 Å². The standard InChI is InChI=1S/C18H30O/c1-16(2,3)12-18(7,8)14-11-9-10-13(15(14)19)17(4,5)6/h9-11,19H,12H2,1-8H3. The number of para-hydroxylation sites is 1. The van der Waals surface area contributed by atoms with E-state index in [0.717, 1.165) is 17.5 Å². The molecule has 1 heteroatoms. The van der Waals surface area contributed by atoms with Crippen molar-refractivity contribution in [2.24, 2.45) is 5.41 Å². The topological polar surface area (TPSA) is 20.2 Å². The summed E-state index contributed by atoms with van der Waals surface area (Å²) in [7, 11) is 0. The van der Waals surface area contributed by atoms with Gasteiger partial charge in [-0.25, -0.2) is 0 Å². The van der Waals surface area contributed by atoms with E-state index in [1.807, 2.05) is 6.07 Å². The Morgan fingerprint density at radius 2 is 1.32 bits per heavy atom. The summed E-state index contributed by atoms with van der Waals surface area (Å²) in [5.74, 6) is 0.476. The summed E-state index contributed by atoms with van der Waals surface area (Å²) in [4.78, 5) is 0. The molecule has 1 nitrogen and oxygen atoms in total. The minimum Gasteiger partial charge on any atom is -0.507 e. The molecule has 0 unspecified atom stereocenters. The number of rotatable bonds is 2. The molecule has 1 aromatic rings. The molecule has 1 aromatic carbocycles. The van der Waals surface area contributed by atoms with Crippen LogP contribution in [0.25, 0.3) is 0 Å². The molecule has 0 atom stereocenters. The van der Waals surface area contributed by atoms with E-state index >= 15 is 0 Å². The lowest BCUT2D eigenvalue weighted by atomic mass is 9.71. The first-order chi connectivity index (χ1) is 8.34. The van der Waals surface area contributed by atoms with Crippen LogP contribution in [0.4, 0.5) is 0 Å². The van der Waals surface area contributed by atoms with E-state index in [9.17, 15) is 5.11 Å². The highest BCUT2D eigenvalue weighted by Crippen LogP contribution is 2.43. The summed E-state index contributed by atoms with van der Waals surface area (Å²) >= 11 is 0. The van der Waals surface area contributed by atoms with Crippen molar-refractivity contribution < 1.29 is 5.11 Å². The Labute approximate surface area is 119 Å². The summed E-state index contributed by atoms with van der Waals surface area (Å²) in [6, 6.07) is 6.17. The van der Waals surface area contributed by atoms with Crippen molar-refractivity contribution in [1.82, 2.24) is 0 Å². The lowest BCUT2D eigenvalue weighted by molar-refractivity contribution is 0.277. The quantitative estimate of drug-likeness (QED) is 0.756. The molecule has 0 radical (unpaired) electrons. The monoisotopic (exact) mass is 262 g/mol. The fourth-order valence-electron chi connectivity index (χ4n) is 3.12. The summed E-state index contributed by atoms with van der Waals surface area (Å²) in [6.45, 7) is 17.6. The van der Waals surface area contributed by atoms with Gasteiger partial charge in [-0.05, 0) is 33.8 Å². The molecular formula is C18H30O. The molecule has 0 aliphatic rings. The Kier molecular flexibility index (Phi) is 4.10. The van der Waals surface area contributed by atoms with Gasteiger partial charge in [0, 0.05) is 0 Å². The summed E-state index contributed by atoms with van der Waals surface area (Å²) in [5, 5.41) is 10.7. The third kappa shape index (κ3) is 3.99. The highest BCUT2D eigenvalue weighted by Gasteiger charge is 2.31. The zero-order valence-electron chi connectivity index (χ0n) is 13.9. The largest absolute Gasteiger partial charge is 0.507 e. The van der Waals surface area contributed by atoms with Crippen LogP contribution in [0.3, 0.4) is 0 Å². The van der Waals surface area contributed by atoms with Crippen LogP contribution in [-0.2, 0) is 10.8 Å². The summed E-state index contributed by atoms with van der Waals surface area (Å²) < 4.78 is 0. The first-order valence-electron chi connectivity index (χ1n) is 7.17. The zero-order chi connectivity index (χ0) is 15.1. The van der Waals surface area contributed by atoms with E-state index < -0.39 is 0 Å². The predicted octanol–water partition coefficient (Wildman–Crippen LogP) is 5.40. The first kappa shape index (κ1) is 16.1.